The number of aliphatic hydroxyl groups excluding tert-OH is 2. The molecule has 284 valence electrons. The third-order valence-electron chi connectivity index (χ3n) is 9.94. The first-order chi connectivity index (χ1) is 23.7. The fourth-order valence-electron chi connectivity index (χ4n) is 6.61. The molecule has 0 heterocycles. The van der Waals surface area contributed by atoms with Gasteiger partial charge in [0.2, 0.25) is 5.91 Å². The molecule has 0 aliphatic heterocycles. The molecule has 4 nitrogen and oxygen atoms in total. The number of allylic oxidation sites excluding steroid dienone is 3. The molecule has 0 aromatic carbocycles. The van der Waals surface area contributed by atoms with E-state index in [1.165, 1.54) is 180 Å². The van der Waals surface area contributed by atoms with E-state index in [2.05, 4.69) is 31.3 Å². The Morgan fingerprint density at radius 2 is 0.812 bits per heavy atom. The highest BCUT2D eigenvalue weighted by Crippen LogP contribution is 2.15. The van der Waals surface area contributed by atoms with Gasteiger partial charge in [0, 0.05) is 6.42 Å². The van der Waals surface area contributed by atoms with Crippen LogP contribution >= 0.6 is 0 Å². The molecule has 0 saturated heterocycles. The van der Waals surface area contributed by atoms with Crippen LogP contribution in [0.15, 0.2) is 24.3 Å². The van der Waals surface area contributed by atoms with Crippen molar-refractivity contribution in [3.8, 4) is 0 Å². The van der Waals surface area contributed by atoms with E-state index in [9.17, 15) is 15.0 Å². The fraction of sp³-hybridized carbons (Fsp3) is 0.886. The van der Waals surface area contributed by atoms with Crippen LogP contribution in [0.25, 0.3) is 0 Å². The van der Waals surface area contributed by atoms with Crippen molar-refractivity contribution in [3.05, 3.63) is 24.3 Å². The summed E-state index contributed by atoms with van der Waals surface area (Å²) in [4.78, 5) is 12.3. The molecule has 1 amide bonds. The Kier molecular flexibility index (Phi) is 39.4. The predicted molar refractivity (Wildman–Crippen MR) is 212 cm³/mol. The third kappa shape index (κ3) is 36.2. The van der Waals surface area contributed by atoms with Crippen LogP contribution in [-0.4, -0.2) is 34.9 Å². The molecule has 0 aromatic rings. The number of aliphatic hydroxyl groups is 2. The summed E-state index contributed by atoms with van der Waals surface area (Å²) in [6.45, 7) is 4.30. The van der Waals surface area contributed by atoms with Gasteiger partial charge in [-0.3, -0.25) is 4.79 Å². The largest absolute Gasteiger partial charge is 0.394 e. The number of unbranched alkanes of at least 4 members (excludes halogenated alkanes) is 30. The lowest BCUT2D eigenvalue weighted by Gasteiger charge is -2.19. The van der Waals surface area contributed by atoms with E-state index in [-0.39, 0.29) is 12.5 Å². The van der Waals surface area contributed by atoms with E-state index >= 15 is 0 Å². The van der Waals surface area contributed by atoms with Crippen LogP contribution in [0.5, 0.6) is 0 Å². The van der Waals surface area contributed by atoms with Crippen LogP contribution in [0, 0.1) is 0 Å². The highest BCUT2D eigenvalue weighted by atomic mass is 16.3. The lowest BCUT2D eigenvalue weighted by Crippen LogP contribution is -2.45. The first-order valence-electron chi connectivity index (χ1n) is 21.6. The van der Waals surface area contributed by atoms with Crippen molar-refractivity contribution in [2.75, 3.05) is 6.61 Å². The first kappa shape index (κ1) is 46.9. The van der Waals surface area contributed by atoms with E-state index in [1.54, 1.807) is 6.08 Å². The maximum Gasteiger partial charge on any atom is 0.220 e. The molecule has 0 fully saturated rings. The maximum absolute atomic E-state index is 12.3. The van der Waals surface area contributed by atoms with Gasteiger partial charge in [-0.05, 0) is 32.1 Å². The van der Waals surface area contributed by atoms with Crippen molar-refractivity contribution in [1.82, 2.24) is 5.32 Å². The number of hydrogen-bond acceptors (Lipinski definition) is 3. The molecule has 3 N–H and O–H groups in total. The number of hydrogen-bond donors (Lipinski definition) is 3. The average molecular weight is 676 g/mol. The molecule has 4 heteroatoms. The second kappa shape index (κ2) is 40.3. The minimum atomic E-state index is -0.857. The molecule has 0 spiro atoms. The zero-order valence-corrected chi connectivity index (χ0v) is 32.5. The van der Waals surface area contributed by atoms with Crippen molar-refractivity contribution in [1.29, 1.82) is 0 Å². The average Bonchev–Trinajstić information content (AvgIpc) is 3.09. The van der Waals surface area contributed by atoms with Crippen LogP contribution in [-0.2, 0) is 4.79 Å². The summed E-state index contributed by atoms with van der Waals surface area (Å²) in [7, 11) is 0. The summed E-state index contributed by atoms with van der Waals surface area (Å²) >= 11 is 0. The topological polar surface area (TPSA) is 69.6 Å². The Morgan fingerprint density at radius 1 is 0.479 bits per heavy atom. The molecular weight excluding hydrogens is 590 g/mol. The molecule has 0 radical (unpaired) electrons. The van der Waals surface area contributed by atoms with Gasteiger partial charge in [0.15, 0.2) is 0 Å². The van der Waals surface area contributed by atoms with Crippen molar-refractivity contribution in [2.24, 2.45) is 0 Å². The SMILES string of the molecule is CCCCCCCCCCCCCCCCCCC/C=C/CC/C=C/C(O)C(CO)NC(=O)CCCCCCCCCCCCCCC. The summed E-state index contributed by atoms with van der Waals surface area (Å²) in [5.41, 5.74) is 0. The van der Waals surface area contributed by atoms with Crippen LogP contribution < -0.4 is 5.32 Å². The number of nitrogens with one attached hydrogen (secondary N) is 1. The number of amides is 1. The van der Waals surface area contributed by atoms with Gasteiger partial charge in [0.05, 0.1) is 18.8 Å². The zero-order chi connectivity index (χ0) is 35.0. The van der Waals surface area contributed by atoms with Gasteiger partial charge in [-0.25, -0.2) is 0 Å². The zero-order valence-electron chi connectivity index (χ0n) is 32.5. The van der Waals surface area contributed by atoms with E-state index in [0.29, 0.717) is 6.42 Å². The second-order valence-corrected chi connectivity index (χ2v) is 14.8. The number of rotatable bonds is 39. The molecule has 0 bridgehead atoms. The van der Waals surface area contributed by atoms with Crippen molar-refractivity contribution in [2.45, 2.75) is 244 Å². The standard InChI is InChI=1S/C44H85NO3/c1-3-5-7-9-11-13-15-17-18-19-20-21-22-23-24-25-26-28-29-31-33-35-37-39-43(47)42(41-46)45-44(48)40-38-36-34-32-30-27-16-14-12-10-8-6-4-2/h29,31,37,39,42-43,46-47H,3-28,30,32-36,38,40-41H2,1-2H3,(H,45,48)/b31-29+,39-37+. The van der Waals surface area contributed by atoms with Gasteiger partial charge in [-0.1, -0.05) is 218 Å². The van der Waals surface area contributed by atoms with Gasteiger partial charge in [0.25, 0.3) is 0 Å². The Balaban J connectivity index is 3.57. The smallest absolute Gasteiger partial charge is 0.220 e. The van der Waals surface area contributed by atoms with Crippen molar-refractivity contribution in [3.63, 3.8) is 0 Å². The first-order valence-corrected chi connectivity index (χ1v) is 21.6. The van der Waals surface area contributed by atoms with Gasteiger partial charge in [-0.2, -0.15) is 0 Å². The lowest BCUT2D eigenvalue weighted by atomic mass is 10.0. The number of carbonyl (C=O) groups excluding carboxylic acids is 1. The quantitative estimate of drug-likeness (QED) is 0.0448. The van der Waals surface area contributed by atoms with Gasteiger partial charge >= 0.3 is 0 Å². The summed E-state index contributed by atoms with van der Waals surface area (Å²) < 4.78 is 0. The minimum Gasteiger partial charge on any atom is -0.394 e. The third-order valence-corrected chi connectivity index (χ3v) is 9.94. The van der Waals surface area contributed by atoms with Crippen LogP contribution in [0.4, 0.5) is 0 Å². The molecule has 2 atom stereocenters. The van der Waals surface area contributed by atoms with Crippen LogP contribution in [0.2, 0.25) is 0 Å². The predicted octanol–water partition coefficient (Wildman–Crippen LogP) is 13.2. The monoisotopic (exact) mass is 676 g/mol. The maximum atomic E-state index is 12.3. The molecule has 2 unspecified atom stereocenters. The Labute approximate surface area is 300 Å². The van der Waals surface area contributed by atoms with E-state index in [1.807, 2.05) is 6.08 Å². The Hall–Kier alpha value is -1.13. The van der Waals surface area contributed by atoms with Crippen LogP contribution in [0.1, 0.15) is 232 Å². The van der Waals surface area contributed by atoms with Crippen molar-refractivity contribution < 1.29 is 15.0 Å². The van der Waals surface area contributed by atoms with E-state index < -0.39 is 12.1 Å². The molecule has 48 heavy (non-hydrogen) atoms. The molecule has 0 rings (SSSR count). The summed E-state index contributed by atoms with van der Waals surface area (Å²) in [5.74, 6) is -0.0724. The Morgan fingerprint density at radius 3 is 1.21 bits per heavy atom. The Bertz CT molecular complexity index is 691. The molecule has 0 aliphatic rings. The summed E-state index contributed by atoms with van der Waals surface area (Å²) in [6.07, 6.45) is 51.5. The number of carbonyl (C=O) groups is 1. The fourth-order valence-corrected chi connectivity index (χ4v) is 6.61. The van der Waals surface area contributed by atoms with E-state index in [4.69, 9.17) is 0 Å². The summed E-state index contributed by atoms with van der Waals surface area (Å²) in [5, 5.41) is 22.9. The van der Waals surface area contributed by atoms with Gasteiger partial charge in [0.1, 0.15) is 0 Å². The molecule has 0 saturated carbocycles. The lowest BCUT2D eigenvalue weighted by molar-refractivity contribution is -0.123. The van der Waals surface area contributed by atoms with Gasteiger partial charge in [-0.15, -0.1) is 0 Å². The summed E-state index contributed by atoms with van der Waals surface area (Å²) in [6, 6.07) is -0.633. The van der Waals surface area contributed by atoms with Crippen molar-refractivity contribution >= 4 is 5.91 Å². The minimum absolute atomic E-state index is 0.0724. The molecule has 0 aromatic heterocycles. The molecular formula is C44H85NO3. The normalized spacial score (nSPS) is 13.2. The van der Waals surface area contributed by atoms with Gasteiger partial charge < -0.3 is 15.5 Å². The highest BCUT2D eigenvalue weighted by molar-refractivity contribution is 5.76. The van der Waals surface area contributed by atoms with Crippen LogP contribution in [0.3, 0.4) is 0 Å². The highest BCUT2D eigenvalue weighted by Gasteiger charge is 2.17. The second-order valence-electron chi connectivity index (χ2n) is 14.8. The molecule has 0 aliphatic carbocycles. The van der Waals surface area contributed by atoms with E-state index in [0.717, 1.165) is 32.1 Å².